The highest BCUT2D eigenvalue weighted by Crippen LogP contribution is 2.51. The third kappa shape index (κ3) is 3.11. The zero-order valence-electron chi connectivity index (χ0n) is 22.1. The van der Waals surface area contributed by atoms with Crippen LogP contribution in [0.2, 0.25) is 0 Å². The summed E-state index contributed by atoms with van der Waals surface area (Å²) in [5, 5.41) is 7.48. The summed E-state index contributed by atoms with van der Waals surface area (Å²) in [6.07, 6.45) is 3.98. The molecule has 0 atom stereocenters. The monoisotopic (exact) mass is 497 g/mol. The molecule has 0 bridgehead atoms. The van der Waals surface area contributed by atoms with Gasteiger partial charge in [-0.1, -0.05) is 117 Å². The van der Waals surface area contributed by atoms with Crippen molar-refractivity contribution in [3.05, 3.63) is 139 Å². The van der Waals surface area contributed by atoms with Crippen LogP contribution in [0.1, 0.15) is 25.0 Å². The maximum Gasteiger partial charge on any atom is 0.0353 e. The van der Waals surface area contributed by atoms with E-state index in [2.05, 4.69) is 140 Å². The van der Waals surface area contributed by atoms with Crippen molar-refractivity contribution in [2.75, 3.05) is 0 Å². The SMILES string of the molecule is CC1(C)c2ccccc2-c2ccc(-c3c4ccccc4c(-c4cccc5ccccc45)c4ccncc34)cc21. The molecule has 184 valence electrons. The molecule has 1 aromatic heterocycles. The summed E-state index contributed by atoms with van der Waals surface area (Å²) in [6.45, 7) is 4.70. The van der Waals surface area contributed by atoms with E-state index in [1.807, 2.05) is 6.20 Å². The third-order valence-corrected chi connectivity index (χ3v) is 8.76. The Morgan fingerprint density at radius 1 is 0.487 bits per heavy atom. The highest BCUT2D eigenvalue weighted by Gasteiger charge is 2.35. The molecule has 0 N–H and O–H groups in total. The Labute approximate surface area is 228 Å². The van der Waals surface area contributed by atoms with Crippen LogP contribution in [0.25, 0.3) is 65.7 Å². The molecule has 1 heterocycles. The van der Waals surface area contributed by atoms with E-state index in [9.17, 15) is 0 Å². The average Bonchev–Trinajstić information content (AvgIpc) is 3.21. The van der Waals surface area contributed by atoms with Gasteiger partial charge in [-0.3, -0.25) is 4.98 Å². The molecule has 0 fully saturated rings. The Kier molecular flexibility index (Phi) is 4.63. The number of benzene rings is 6. The summed E-state index contributed by atoms with van der Waals surface area (Å²) in [5.74, 6) is 0. The zero-order valence-corrected chi connectivity index (χ0v) is 22.1. The number of rotatable bonds is 2. The van der Waals surface area contributed by atoms with Crippen LogP contribution in [0.5, 0.6) is 0 Å². The minimum Gasteiger partial charge on any atom is -0.264 e. The van der Waals surface area contributed by atoms with Crippen LogP contribution in [0.15, 0.2) is 128 Å². The largest absolute Gasteiger partial charge is 0.264 e. The number of hydrogen-bond acceptors (Lipinski definition) is 1. The van der Waals surface area contributed by atoms with Gasteiger partial charge in [-0.2, -0.15) is 0 Å². The first-order valence-corrected chi connectivity index (χ1v) is 13.6. The van der Waals surface area contributed by atoms with E-state index >= 15 is 0 Å². The lowest BCUT2D eigenvalue weighted by atomic mass is 9.80. The molecule has 1 heteroatoms. The van der Waals surface area contributed by atoms with Gasteiger partial charge in [-0.05, 0) is 83.6 Å². The fraction of sp³-hybridized carbons (Fsp3) is 0.0789. The van der Waals surface area contributed by atoms with Gasteiger partial charge in [0.2, 0.25) is 0 Å². The minimum absolute atomic E-state index is 0.0469. The molecule has 7 aromatic rings. The second-order valence-electron chi connectivity index (χ2n) is 11.2. The minimum atomic E-state index is -0.0469. The molecule has 0 unspecified atom stereocenters. The van der Waals surface area contributed by atoms with Crippen molar-refractivity contribution in [2.24, 2.45) is 0 Å². The van der Waals surface area contributed by atoms with Crippen LogP contribution < -0.4 is 0 Å². The van der Waals surface area contributed by atoms with E-state index in [4.69, 9.17) is 0 Å². The molecule has 0 amide bonds. The maximum absolute atomic E-state index is 4.64. The molecule has 39 heavy (non-hydrogen) atoms. The van der Waals surface area contributed by atoms with Gasteiger partial charge in [0.1, 0.15) is 0 Å². The Balaban J connectivity index is 1.47. The Hall–Kier alpha value is -4.75. The summed E-state index contributed by atoms with van der Waals surface area (Å²) in [7, 11) is 0. The Morgan fingerprint density at radius 3 is 2.00 bits per heavy atom. The van der Waals surface area contributed by atoms with Gasteiger partial charge >= 0.3 is 0 Å². The predicted molar refractivity (Wildman–Crippen MR) is 165 cm³/mol. The van der Waals surface area contributed by atoms with Gasteiger partial charge < -0.3 is 0 Å². The van der Waals surface area contributed by atoms with E-state index in [0.29, 0.717) is 0 Å². The first-order chi connectivity index (χ1) is 19.1. The van der Waals surface area contributed by atoms with Crippen LogP contribution in [-0.2, 0) is 5.41 Å². The van der Waals surface area contributed by atoms with Crippen LogP contribution in [-0.4, -0.2) is 4.98 Å². The van der Waals surface area contributed by atoms with Crippen molar-refractivity contribution >= 4 is 32.3 Å². The molecule has 0 aliphatic heterocycles. The second-order valence-corrected chi connectivity index (χ2v) is 11.2. The highest BCUT2D eigenvalue weighted by molar-refractivity contribution is 6.23. The smallest absolute Gasteiger partial charge is 0.0353 e. The first-order valence-electron chi connectivity index (χ1n) is 13.6. The molecule has 0 spiro atoms. The molecular formula is C38H27N. The molecule has 0 saturated carbocycles. The molecule has 1 aliphatic carbocycles. The summed E-state index contributed by atoms with van der Waals surface area (Å²) < 4.78 is 0. The summed E-state index contributed by atoms with van der Waals surface area (Å²) in [6, 6.07) is 42.3. The van der Waals surface area contributed by atoms with Crippen molar-refractivity contribution in [1.29, 1.82) is 0 Å². The van der Waals surface area contributed by atoms with Gasteiger partial charge in [-0.15, -0.1) is 0 Å². The second kappa shape index (κ2) is 8.12. The Bertz CT molecular complexity index is 2040. The fourth-order valence-electron chi connectivity index (χ4n) is 6.93. The zero-order chi connectivity index (χ0) is 26.1. The molecule has 1 aliphatic rings. The standard InChI is InChI=1S/C38H27N/c1-38(2)34-17-8-7-13-27(34)28-19-18-25(22-35(28)38)36-30-14-5-6-15-31(30)37(32-20-21-39-23-33(32)36)29-16-9-11-24-10-3-4-12-26(24)29/h3-23H,1-2H3. The lowest BCUT2D eigenvalue weighted by Crippen LogP contribution is -2.14. The normalized spacial score (nSPS) is 13.6. The molecule has 8 rings (SSSR count). The third-order valence-electron chi connectivity index (χ3n) is 8.76. The maximum atomic E-state index is 4.64. The van der Waals surface area contributed by atoms with Gasteiger partial charge in [-0.25, -0.2) is 0 Å². The van der Waals surface area contributed by atoms with Crippen molar-refractivity contribution in [3.8, 4) is 33.4 Å². The van der Waals surface area contributed by atoms with E-state index < -0.39 is 0 Å². The number of pyridine rings is 1. The molecule has 0 saturated heterocycles. The molecule has 0 radical (unpaired) electrons. The van der Waals surface area contributed by atoms with E-state index in [0.717, 1.165) is 0 Å². The Morgan fingerprint density at radius 2 is 1.13 bits per heavy atom. The van der Waals surface area contributed by atoms with E-state index in [-0.39, 0.29) is 5.41 Å². The van der Waals surface area contributed by atoms with Crippen molar-refractivity contribution < 1.29 is 0 Å². The van der Waals surface area contributed by atoms with Crippen molar-refractivity contribution in [2.45, 2.75) is 19.3 Å². The lowest BCUT2D eigenvalue weighted by Gasteiger charge is -2.23. The number of hydrogen-bond donors (Lipinski definition) is 0. The topological polar surface area (TPSA) is 12.9 Å². The quantitative estimate of drug-likeness (QED) is 0.217. The molecule has 1 nitrogen and oxygen atoms in total. The van der Waals surface area contributed by atoms with E-state index in [1.165, 1.54) is 76.8 Å². The van der Waals surface area contributed by atoms with Gasteiger partial charge in [0.05, 0.1) is 0 Å². The van der Waals surface area contributed by atoms with E-state index in [1.54, 1.807) is 0 Å². The number of fused-ring (bicyclic) bond motifs is 6. The van der Waals surface area contributed by atoms with Crippen molar-refractivity contribution in [1.82, 2.24) is 4.98 Å². The summed E-state index contributed by atoms with van der Waals surface area (Å²) in [4.78, 5) is 4.64. The summed E-state index contributed by atoms with van der Waals surface area (Å²) >= 11 is 0. The number of nitrogens with zero attached hydrogens (tertiary/aromatic N) is 1. The van der Waals surface area contributed by atoms with Crippen molar-refractivity contribution in [3.63, 3.8) is 0 Å². The number of aromatic nitrogens is 1. The van der Waals surface area contributed by atoms with Gasteiger partial charge in [0.25, 0.3) is 0 Å². The van der Waals surface area contributed by atoms with Crippen LogP contribution in [0.3, 0.4) is 0 Å². The van der Waals surface area contributed by atoms with Crippen LogP contribution in [0.4, 0.5) is 0 Å². The summed E-state index contributed by atoms with van der Waals surface area (Å²) in [5.41, 5.74) is 10.5. The fourth-order valence-corrected chi connectivity index (χ4v) is 6.93. The van der Waals surface area contributed by atoms with Gasteiger partial charge in [0.15, 0.2) is 0 Å². The first kappa shape index (κ1) is 22.3. The highest BCUT2D eigenvalue weighted by atomic mass is 14.6. The lowest BCUT2D eigenvalue weighted by molar-refractivity contribution is 0.660. The average molecular weight is 498 g/mol. The predicted octanol–water partition coefficient (Wildman–Crippen LogP) is 10.2. The van der Waals surface area contributed by atoms with Crippen LogP contribution in [0, 0.1) is 0 Å². The molecular weight excluding hydrogens is 470 g/mol. The van der Waals surface area contributed by atoms with Gasteiger partial charge in [0, 0.05) is 23.2 Å². The van der Waals surface area contributed by atoms with Crippen LogP contribution >= 0.6 is 0 Å². The molecule has 6 aromatic carbocycles.